The molecule has 1 atom stereocenters. The number of ether oxygens (including phenoxy) is 1. The molecule has 19 heavy (non-hydrogen) atoms. The third kappa shape index (κ3) is 2.93. The lowest BCUT2D eigenvalue weighted by atomic mass is 10.1. The van der Waals surface area contributed by atoms with Crippen molar-refractivity contribution in [2.24, 2.45) is 5.73 Å². The van der Waals surface area contributed by atoms with Crippen molar-refractivity contribution in [3.8, 4) is 17.0 Å². The van der Waals surface area contributed by atoms with Gasteiger partial charge >= 0.3 is 0 Å². The van der Waals surface area contributed by atoms with Crippen LogP contribution in [0.25, 0.3) is 11.3 Å². The highest BCUT2D eigenvalue weighted by Crippen LogP contribution is 2.25. The summed E-state index contributed by atoms with van der Waals surface area (Å²) in [5.41, 5.74) is 7.11. The summed E-state index contributed by atoms with van der Waals surface area (Å²) < 4.78 is 18.9. The summed E-state index contributed by atoms with van der Waals surface area (Å²) in [5.74, 6) is 0.858. The van der Waals surface area contributed by atoms with Gasteiger partial charge in [-0.2, -0.15) is 0 Å². The second-order valence-corrected chi connectivity index (χ2v) is 4.40. The molecule has 0 amide bonds. The van der Waals surface area contributed by atoms with Crippen LogP contribution in [0.1, 0.15) is 25.6 Å². The number of nitrogens with zero attached hydrogens (tertiary/aromatic N) is 1. The molecule has 1 heterocycles. The molecule has 0 fully saturated rings. The van der Waals surface area contributed by atoms with Crippen LogP contribution in [0, 0.1) is 5.82 Å². The predicted octanol–water partition coefficient (Wildman–Crippen LogP) is 2.68. The van der Waals surface area contributed by atoms with Gasteiger partial charge in [-0.05, 0) is 25.1 Å². The number of benzene rings is 1. The van der Waals surface area contributed by atoms with Crippen LogP contribution in [0.3, 0.4) is 0 Å². The molecule has 102 valence electrons. The molecule has 1 aromatic heterocycles. The van der Waals surface area contributed by atoms with Crippen molar-refractivity contribution in [3.63, 3.8) is 0 Å². The minimum absolute atomic E-state index is 0.154. The Bertz CT molecular complexity index is 553. The number of halogens is 1. The highest BCUT2D eigenvalue weighted by Gasteiger charge is 2.11. The summed E-state index contributed by atoms with van der Waals surface area (Å²) in [6.45, 7) is 4.77. The molecule has 0 saturated carbocycles. The fourth-order valence-corrected chi connectivity index (χ4v) is 1.79. The largest absolute Gasteiger partial charge is 0.491 e. The summed E-state index contributed by atoms with van der Waals surface area (Å²) in [6, 6.07) is 4.87. The Hall–Kier alpha value is -1.88. The van der Waals surface area contributed by atoms with Crippen LogP contribution >= 0.6 is 0 Å². The van der Waals surface area contributed by atoms with Crippen molar-refractivity contribution in [2.45, 2.75) is 19.8 Å². The molecule has 4 nitrogen and oxygen atoms in total. The van der Waals surface area contributed by atoms with Crippen LogP contribution in [-0.2, 0) is 0 Å². The van der Waals surface area contributed by atoms with Crippen LogP contribution in [0.4, 0.5) is 4.39 Å². The number of aromatic nitrogens is 2. The zero-order valence-electron chi connectivity index (χ0n) is 11.1. The van der Waals surface area contributed by atoms with Crippen molar-refractivity contribution in [3.05, 3.63) is 36.0 Å². The zero-order valence-corrected chi connectivity index (χ0v) is 11.1. The quantitative estimate of drug-likeness (QED) is 0.871. The van der Waals surface area contributed by atoms with Gasteiger partial charge in [0, 0.05) is 18.0 Å². The molecular weight excluding hydrogens is 245 g/mol. The Kier molecular flexibility index (Phi) is 4.16. The van der Waals surface area contributed by atoms with Gasteiger partial charge in [0.15, 0.2) is 11.6 Å². The van der Waals surface area contributed by atoms with Gasteiger partial charge in [-0.25, -0.2) is 9.37 Å². The maximum absolute atomic E-state index is 13.8. The first-order chi connectivity index (χ1) is 9.15. The Morgan fingerprint density at radius 3 is 2.89 bits per heavy atom. The van der Waals surface area contributed by atoms with Crippen LogP contribution in [-0.4, -0.2) is 23.1 Å². The van der Waals surface area contributed by atoms with Gasteiger partial charge in [0.2, 0.25) is 0 Å². The van der Waals surface area contributed by atoms with E-state index in [9.17, 15) is 4.39 Å². The van der Waals surface area contributed by atoms with Crippen molar-refractivity contribution in [1.82, 2.24) is 9.97 Å². The van der Waals surface area contributed by atoms with Crippen LogP contribution in [0.5, 0.6) is 5.75 Å². The van der Waals surface area contributed by atoms with E-state index in [0.717, 1.165) is 17.1 Å². The molecule has 2 aromatic rings. The number of nitrogens with two attached hydrogens (primary N) is 1. The average molecular weight is 263 g/mol. The maximum Gasteiger partial charge on any atom is 0.165 e. The van der Waals surface area contributed by atoms with Gasteiger partial charge in [-0.15, -0.1) is 0 Å². The molecule has 0 aliphatic heterocycles. The molecule has 0 spiro atoms. The van der Waals surface area contributed by atoms with Gasteiger partial charge in [0.25, 0.3) is 0 Å². The second kappa shape index (κ2) is 5.84. The van der Waals surface area contributed by atoms with Crippen molar-refractivity contribution >= 4 is 0 Å². The molecule has 0 bridgehead atoms. The van der Waals surface area contributed by atoms with Crippen molar-refractivity contribution in [1.29, 1.82) is 0 Å². The number of hydrogen-bond acceptors (Lipinski definition) is 3. The lowest BCUT2D eigenvalue weighted by Crippen LogP contribution is -2.10. The van der Waals surface area contributed by atoms with Gasteiger partial charge in [0.05, 0.1) is 18.5 Å². The van der Waals surface area contributed by atoms with E-state index >= 15 is 0 Å². The van der Waals surface area contributed by atoms with E-state index < -0.39 is 0 Å². The van der Waals surface area contributed by atoms with E-state index in [2.05, 4.69) is 9.97 Å². The number of nitrogens with one attached hydrogen (secondary N) is 1. The van der Waals surface area contributed by atoms with Crippen LogP contribution in [0.2, 0.25) is 0 Å². The van der Waals surface area contributed by atoms with E-state index in [1.807, 2.05) is 13.8 Å². The monoisotopic (exact) mass is 263 g/mol. The zero-order chi connectivity index (χ0) is 13.8. The van der Waals surface area contributed by atoms with E-state index in [1.165, 1.54) is 6.07 Å². The van der Waals surface area contributed by atoms with Crippen molar-refractivity contribution < 1.29 is 9.13 Å². The molecule has 1 unspecified atom stereocenters. The second-order valence-electron chi connectivity index (χ2n) is 4.40. The normalized spacial score (nSPS) is 12.4. The Balaban J connectivity index is 2.27. The topological polar surface area (TPSA) is 63.9 Å². The first kappa shape index (κ1) is 13.5. The summed E-state index contributed by atoms with van der Waals surface area (Å²) in [5, 5.41) is 0. The standard InChI is InChI=1S/C14H18FN3O/c1-3-19-13-5-4-10(6-11(13)15)12-8-17-14(18-12)9(2)7-16/h4-6,8-9H,3,7,16H2,1-2H3,(H,17,18). The third-order valence-electron chi connectivity index (χ3n) is 2.96. The Morgan fingerprint density at radius 2 is 2.26 bits per heavy atom. The highest BCUT2D eigenvalue weighted by atomic mass is 19.1. The van der Waals surface area contributed by atoms with Crippen LogP contribution < -0.4 is 10.5 Å². The number of rotatable bonds is 5. The van der Waals surface area contributed by atoms with Gasteiger partial charge in [-0.3, -0.25) is 0 Å². The Morgan fingerprint density at radius 1 is 1.47 bits per heavy atom. The van der Waals surface area contributed by atoms with E-state index in [1.54, 1.807) is 18.3 Å². The first-order valence-corrected chi connectivity index (χ1v) is 6.33. The fourth-order valence-electron chi connectivity index (χ4n) is 1.79. The molecule has 5 heteroatoms. The van der Waals surface area contributed by atoms with E-state index in [-0.39, 0.29) is 17.5 Å². The average Bonchev–Trinajstić information content (AvgIpc) is 2.90. The third-order valence-corrected chi connectivity index (χ3v) is 2.96. The molecule has 0 aliphatic rings. The van der Waals surface area contributed by atoms with E-state index in [4.69, 9.17) is 10.5 Å². The molecule has 3 N–H and O–H groups in total. The minimum atomic E-state index is -0.373. The van der Waals surface area contributed by atoms with Gasteiger partial charge in [-0.1, -0.05) is 6.92 Å². The van der Waals surface area contributed by atoms with Gasteiger partial charge < -0.3 is 15.5 Å². The number of aromatic amines is 1. The fraction of sp³-hybridized carbons (Fsp3) is 0.357. The number of imidazole rings is 1. The SMILES string of the molecule is CCOc1ccc(-c2cnc(C(C)CN)[nH]2)cc1F. The smallest absolute Gasteiger partial charge is 0.165 e. The highest BCUT2D eigenvalue weighted by molar-refractivity contribution is 5.60. The lowest BCUT2D eigenvalue weighted by Gasteiger charge is -2.06. The maximum atomic E-state index is 13.8. The van der Waals surface area contributed by atoms with E-state index in [0.29, 0.717) is 13.2 Å². The van der Waals surface area contributed by atoms with Gasteiger partial charge in [0.1, 0.15) is 5.82 Å². The summed E-state index contributed by atoms with van der Waals surface area (Å²) in [7, 11) is 0. The van der Waals surface area contributed by atoms with Crippen LogP contribution in [0.15, 0.2) is 24.4 Å². The molecular formula is C14H18FN3O. The lowest BCUT2D eigenvalue weighted by molar-refractivity contribution is 0.321. The first-order valence-electron chi connectivity index (χ1n) is 6.33. The Labute approximate surface area is 111 Å². The molecule has 0 radical (unpaired) electrons. The molecule has 2 rings (SSSR count). The predicted molar refractivity (Wildman–Crippen MR) is 72.6 cm³/mol. The van der Waals surface area contributed by atoms with Crippen molar-refractivity contribution in [2.75, 3.05) is 13.2 Å². The molecule has 0 saturated heterocycles. The number of hydrogen-bond donors (Lipinski definition) is 2. The summed E-state index contributed by atoms with van der Waals surface area (Å²) in [6.07, 6.45) is 1.69. The number of H-pyrrole nitrogens is 1. The summed E-state index contributed by atoms with van der Waals surface area (Å²) >= 11 is 0. The minimum Gasteiger partial charge on any atom is -0.491 e. The summed E-state index contributed by atoms with van der Waals surface area (Å²) in [4.78, 5) is 7.42. The molecule has 0 aliphatic carbocycles. The molecule has 1 aromatic carbocycles.